The van der Waals surface area contributed by atoms with Gasteiger partial charge in [0.2, 0.25) is 5.88 Å². The SMILES string of the molecule is COc1cc(C=O)cc(I)n1. The second-order valence-corrected chi connectivity index (χ2v) is 2.99. The van der Waals surface area contributed by atoms with Crippen LogP contribution in [0.3, 0.4) is 0 Å². The van der Waals surface area contributed by atoms with Gasteiger partial charge in [0, 0.05) is 11.6 Å². The number of hydrogen-bond donors (Lipinski definition) is 0. The number of carbonyl (C=O) groups is 1. The highest BCUT2D eigenvalue weighted by molar-refractivity contribution is 14.1. The molecule has 1 aromatic rings. The molecule has 58 valence electrons. The van der Waals surface area contributed by atoms with E-state index >= 15 is 0 Å². The number of nitrogens with zero attached hydrogens (tertiary/aromatic N) is 1. The minimum absolute atomic E-state index is 0.471. The Morgan fingerprint density at radius 1 is 1.64 bits per heavy atom. The smallest absolute Gasteiger partial charge is 0.214 e. The van der Waals surface area contributed by atoms with Gasteiger partial charge in [0.15, 0.2) is 0 Å². The molecule has 1 heterocycles. The molecule has 0 atom stereocenters. The van der Waals surface area contributed by atoms with Crippen LogP contribution < -0.4 is 4.74 Å². The first-order valence-corrected chi connectivity index (χ1v) is 4.01. The van der Waals surface area contributed by atoms with Crippen LogP contribution in [0.15, 0.2) is 12.1 Å². The molecule has 0 aromatic carbocycles. The molecule has 3 nitrogen and oxygen atoms in total. The van der Waals surface area contributed by atoms with Crippen LogP contribution in [0.25, 0.3) is 0 Å². The molecular formula is C7H6INO2. The normalized spacial score (nSPS) is 9.27. The molecule has 0 fully saturated rings. The fraction of sp³-hybridized carbons (Fsp3) is 0.143. The fourth-order valence-corrected chi connectivity index (χ4v) is 1.26. The standard InChI is InChI=1S/C7H6INO2/c1-11-7-3-5(4-10)2-6(8)9-7/h2-4H,1H3. The number of aldehydes is 1. The largest absolute Gasteiger partial charge is 0.481 e. The van der Waals surface area contributed by atoms with Crippen molar-refractivity contribution in [3.63, 3.8) is 0 Å². The third-order valence-electron chi connectivity index (χ3n) is 1.14. The lowest BCUT2D eigenvalue weighted by Crippen LogP contribution is -1.92. The van der Waals surface area contributed by atoms with Gasteiger partial charge in [0.1, 0.15) is 9.99 Å². The summed E-state index contributed by atoms with van der Waals surface area (Å²) in [6.45, 7) is 0. The topological polar surface area (TPSA) is 39.2 Å². The van der Waals surface area contributed by atoms with Crippen LogP contribution in [-0.4, -0.2) is 18.4 Å². The van der Waals surface area contributed by atoms with E-state index in [-0.39, 0.29) is 0 Å². The number of hydrogen-bond acceptors (Lipinski definition) is 3. The Morgan fingerprint density at radius 3 is 2.91 bits per heavy atom. The second kappa shape index (κ2) is 3.66. The average Bonchev–Trinajstić information content (AvgIpc) is 2.03. The van der Waals surface area contributed by atoms with Gasteiger partial charge in [-0.3, -0.25) is 4.79 Å². The Kier molecular flexibility index (Phi) is 2.81. The minimum atomic E-state index is 0.471. The van der Waals surface area contributed by atoms with Crippen molar-refractivity contribution in [2.75, 3.05) is 7.11 Å². The van der Waals surface area contributed by atoms with E-state index in [1.165, 1.54) is 7.11 Å². The summed E-state index contributed by atoms with van der Waals surface area (Å²) < 4.78 is 5.62. The van der Waals surface area contributed by atoms with Gasteiger partial charge in [-0.05, 0) is 28.7 Å². The zero-order chi connectivity index (χ0) is 8.27. The molecule has 0 aliphatic rings. The lowest BCUT2D eigenvalue weighted by molar-refractivity contribution is 0.112. The Hall–Kier alpha value is -0.650. The summed E-state index contributed by atoms with van der Waals surface area (Å²) >= 11 is 2.03. The average molecular weight is 263 g/mol. The first-order chi connectivity index (χ1) is 5.26. The predicted octanol–water partition coefficient (Wildman–Crippen LogP) is 1.51. The van der Waals surface area contributed by atoms with Crippen LogP contribution in [0, 0.1) is 3.70 Å². The van der Waals surface area contributed by atoms with Gasteiger partial charge < -0.3 is 4.74 Å². The summed E-state index contributed by atoms with van der Waals surface area (Å²) in [6.07, 6.45) is 0.770. The first-order valence-electron chi connectivity index (χ1n) is 2.93. The molecule has 0 saturated heterocycles. The Bertz CT molecular complexity index is 275. The Labute approximate surface area is 77.9 Å². The third-order valence-corrected chi connectivity index (χ3v) is 1.69. The summed E-state index contributed by atoms with van der Waals surface area (Å²) in [5.74, 6) is 0.471. The molecule has 0 bridgehead atoms. The van der Waals surface area contributed by atoms with Crippen LogP contribution in [0.2, 0.25) is 0 Å². The molecule has 0 saturated carbocycles. The van der Waals surface area contributed by atoms with Crippen LogP contribution in [0.1, 0.15) is 10.4 Å². The van der Waals surface area contributed by atoms with Crippen molar-refractivity contribution in [3.8, 4) is 5.88 Å². The van der Waals surface area contributed by atoms with Gasteiger partial charge >= 0.3 is 0 Å². The highest BCUT2D eigenvalue weighted by atomic mass is 127. The number of carbonyl (C=O) groups excluding carboxylic acids is 1. The zero-order valence-corrected chi connectivity index (χ0v) is 8.03. The van der Waals surface area contributed by atoms with Crippen LogP contribution in [0.4, 0.5) is 0 Å². The van der Waals surface area contributed by atoms with Crippen molar-refractivity contribution >= 4 is 28.9 Å². The van der Waals surface area contributed by atoms with E-state index in [1.807, 2.05) is 22.6 Å². The minimum Gasteiger partial charge on any atom is -0.481 e. The second-order valence-electron chi connectivity index (χ2n) is 1.88. The Morgan fingerprint density at radius 2 is 2.36 bits per heavy atom. The zero-order valence-electron chi connectivity index (χ0n) is 5.87. The van der Waals surface area contributed by atoms with E-state index < -0.39 is 0 Å². The summed E-state index contributed by atoms with van der Waals surface area (Å²) in [5, 5.41) is 0. The Balaban J connectivity index is 3.11. The van der Waals surface area contributed by atoms with Crippen LogP contribution in [-0.2, 0) is 0 Å². The van der Waals surface area contributed by atoms with Gasteiger partial charge in [-0.2, -0.15) is 0 Å². The molecule has 0 N–H and O–H groups in total. The molecule has 0 aliphatic carbocycles. The van der Waals surface area contributed by atoms with Crippen molar-refractivity contribution in [2.24, 2.45) is 0 Å². The molecule has 11 heavy (non-hydrogen) atoms. The maximum Gasteiger partial charge on any atom is 0.214 e. The van der Waals surface area contributed by atoms with Crippen molar-refractivity contribution in [1.29, 1.82) is 0 Å². The van der Waals surface area contributed by atoms with Crippen molar-refractivity contribution in [3.05, 3.63) is 21.4 Å². The van der Waals surface area contributed by atoms with E-state index in [0.717, 1.165) is 9.99 Å². The number of methoxy groups -OCH3 is 1. The number of aromatic nitrogens is 1. The maximum atomic E-state index is 10.3. The summed E-state index contributed by atoms with van der Waals surface area (Å²) in [5.41, 5.74) is 0.584. The van der Waals surface area contributed by atoms with E-state index in [4.69, 9.17) is 4.74 Å². The van der Waals surface area contributed by atoms with Gasteiger partial charge in [0.25, 0.3) is 0 Å². The van der Waals surface area contributed by atoms with Gasteiger partial charge in [0.05, 0.1) is 7.11 Å². The van der Waals surface area contributed by atoms with E-state index in [0.29, 0.717) is 11.4 Å². The molecule has 0 amide bonds. The number of rotatable bonds is 2. The maximum absolute atomic E-state index is 10.3. The van der Waals surface area contributed by atoms with Crippen LogP contribution in [0.5, 0.6) is 5.88 Å². The van der Waals surface area contributed by atoms with Crippen LogP contribution >= 0.6 is 22.6 Å². The summed E-state index contributed by atoms with van der Waals surface area (Å²) in [4.78, 5) is 14.3. The molecule has 1 rings (SSSR count). The quantitative estimate of drug-likeness (QED) is 0.461. The lowest BCUT2D eigenvalue weighted by Gasteiger charge is -1.98. The fourth-order valence-electron chi connectivity index (χ4n) is 0.664. The molecule has 0 unspecified atom stereocenters. The third kappa shape index (κ3) is 2.14. The van der Waals surface area contributed by atoms with E-state index in [9.17, 15) is 4.79 Å². The molecule has 4 heteroatoms. The van der Waals surface area contributed by atoms with Gasteiger partial charge in [-0.25, -0.2) is 4.98 Å². The van der Waals surface area contributed by atoms with Crippen molar-refractivity contribution in [2.45, 2.75) is 0 Å². The van der Waals surface area contributed by atoms with Crippen molar-refractivity contribution in [1.82, 2.24) is 4.98 Å². The van der Waals surface area contributed by atoms with Crippen molar-refractivity contribution < 1.29 is 9.53 Å². The highest BCUT2D eigenvalue weighted by Crippen LogP contribution is 2.11. The van der Waals surface area contributed by atoms with Gasteiger partial charge in [-0.1, -0.05) is 0 Å². The molecule has 1 aromatic heterocycles. The summed E-state index contributed by atoms with van der Waals surface area (Å²) in [6, 6.07) is 3.28. The number of pyridine rings is 1. The van der Waals surface area contributed by atoms with E-state index in [2.05, 4.69) is 4.98 Å². The lowest BCUT2D eigenvalue weighted by atomic mass is 10.3. The number of halogens is 1. The monoisotopic (exact) mass is 263 g/mol. The predicted molar refractivity (Wildman–Crippen MR) is 48.9 cm³/mol. The molecule has 0 radical (unpaired) electrons. The first kappa shape index (κ1) is 8.45. The van der Waals surface area contributed by atoms with E-state index in [1.54, 1.807) is 12.1 Å². The highest BCUT2D eigenvalue weighted by Gasteiger charge is 1.98. The summed E-state index contributed by atoms with van der Waals surface area (Å²) in [7, 11) is 1.52. The molecule has 0 spiro atoms. The molecular weight excluding hydrogens is 257 g/mol. The number of ether oxygens (including phenoxy) is 1. The molecule has 0 aliphatic heterocycles. The van der Waals surface area contributed by atoms with Gasteiger partial charge in [-0.15, -0.1) is 0 Å².